The summed E-state index contributed by atoms with van der Waals surface area (Å²) in [4.78, 5) is 0. The molecule has 1 aliphatic rings. The molecule has 20 heavy (non-hydrogen) atoms. The number of hydrogen-bond donors (Lipinski definition) is 2. The molecule has 0 unspecified atom stereocenters. The molecule has 1 aromatic rings. The van der Waals surface area contributed by atoms with Crippen LogP contribution in [0.5, 0.6) is 0 Å². The van der Waals surface area contributed by atoms with Crippen LogP contribution in [0.25, 0.3) is 0 Å². The Labute approximate surface area is 117 Å². The monoisotopic (exact) mass is 286 g/mol. The van der Waals surface area contributed by atoms with E-state index in [1.54, 1.807) is 0 Å². The van der Waals surface area contributed by atoms with E-state index in [9.17, 15) is 13.2 Å². The van der Waals surface area contributed by atoms with Gasteiger partial charge in [-0.25, -0.2) is 0 Å². The average molecular weight is 286 g/mol. The van der Waals surface area contributed by atoms with E-state index in [4.69, 9.17) is 5.73 Å². The van der Waals surface area contributed by atoms with Crippen LogP contribution in [-0.4, -0.2) is 6.54 Å². The zero-order valence-corrected chi connectivity index (χ0v) is 11.6. The molecule has 0 aliphatic heterocycles. The third-order valence-electron chi connectivity index (χ3n) is 4.07. The molecule has 0 saturated heterocycles. The Hall–Kier alpha value is -1.39. The van der Waals surface area contributed by atoms with Gasteiger partial charge in [-0.15, -0.1) is 0 Å². The average Bonchev–Trinajstić information content (AvgIpc) is 2.38. The highest BCUT2D eigenvalue weighted by molar-refractivity contribution is 5.59. The number of alkyl halides is 3. The molecule has 2 rings (SSSR count). The Balaban J connectivity index is 2.02. The first kappa shape index (κ1) is 15.0. The van der Waals surface area contributed by atoms with Crippen molar-refractivity contribution >= 4 is 11.4 Å². The summed E-state index contributed by atoms with van der Waals surface area (Å²) in [5.41, 5.74) is 5.04. The van der Waals surface area contributed by atoms with Crippen molar-refractivity contribution in [2.75, 3.05) is 17.6 Å². The van der Waals surface area contributed by atoms with E-state index in [0.29, 0.717) is 12.5 Å². The van der Waals surface area contributed by atoms with E-state index in [2.05, 4.69) is 12.2 Å². The molecular weight excluding hydrogens is 265 g/mol. The zero-order chi connectivity index (χ0) is 14.8. The van der Waals surface area contributed by atoms with Crippen molar-refractivity contribution in [2.24, 2.45) is 11.8 Å². The number of anilines is 2. The largest absolute Gasteiger partial charge is 0.418 e. The van der Waals surface area contributed by atoms with E-state index in [0.717, 1.165) is 24.8 Å². The number of hydrogen-bond acceptors (Lipinski definition) is 2. The molecule has 0 bridgehead atoms. The van der Waals surface area contributed by atoms with Gasteiger partial charge in [-0.3, -0.25) is 0 Å². The fraction of sp³-hybridized carbons (Fsp3) is 0.600. The van der Waals surface area contributed by atoms with Crippen LogP contribution in [0.15, 0.2) is 18.2 Å². The molecule has 1 aliphatic carbocycles. The van der Waals surface area contributed by atoms with Gasteiger partial charge in [0.1, 0.15) is 0 Å². The lowest BCUT2D eigenvalue weighted by Crippen LogP contribution is -2.21. The Kier molecular flexibility index (Phi) is 4.45. The van der Waals surface area contributed by atoms with Gasteiger partial charge in [-0.1, -0.05) is 19.8 Å². The number of nitrogens with one attached hydrogen (secondary N) is 1. The molecule has 3 N–H and O–H groups in total. The zero-order valence-electron chi connectivity index (χ0n) is 11.6. The summed E-state index contributed by atoms with van der Waals surface area (Å²) >= 11 is 0. The van der Waals surface area contributed by atoms with Gasteiger partial charge in [0.05, 0.1) is 5.56 Å². The fourth-order valence-corrected chi connectivity index (χ4v) is 2.74. The first-order valence-electron chi connectivity index (χ1n) is 7.07. The summed E-state index contributed by atoms with van der Waals surface area (Å²) in [5, 5.41) is 2.96. The van der Waals surface area contributed by atoms with Gasteiger partial charge in [0.2, 0.25) is 0 Å². The first-order chi connectivity index (χ1) is 9.36. The van der Waals surface area contributed by atoms with Crippen molar-refractivity contribution in [2.45, 2.75) is 38.8 Å². The molecule has 5 heteroatoms. The third kappa shape index (κ3) is 3.81. The summed E-state index contributed by atoms with van der Waals surface area (Å²) in [7, 11) is 0. The Bertz CT molecular complexity index is 449. The quantitative estimate of drug-likeness (QED) is 0.801. The summed E-state index contributed by atoms with van der Waals surface area (Å²) < 4.78 is 38.8. The van der Waals surface area contributed by atoms with Crippen molar-refractivity contribution in [3.63, 3.8) is 0 Å². The van der Waals surface area contributed by atoms with Crippen LogP contribution in [0.4, 0.5) is 24.5 Å². The highest BCUT2D eigenvalue weighted by Crippen LogP contribution is 2.36. The van der Waals surface area contributed by atoms with Gasteiger partial charge in [-0.2, -0.15) is 13.2 Å². The van der Waals surface area contributed by atoms with Crippen molar-refractivity contribution < 1.29 is 13.2 Å². The highest BCUT2D eigenvalue weighted by atomic mass is 19.4. The van der Waals surface area contributed by atoms with Gasteiger partial charge >= 0.3 is 6.18 Å². The number of halogens is 3. The van der Waals surface area contributed by atoms with E-state index in [1.165, 1.54) is 25.0 Å². The predicted octanol–water partition coefficient (Wildman–Crippen LogP) is 4.53. The van der Waals surface area contributed by atoms with Crippen LogP contribution in [-0.2, 0) is 6.18 Å². The lowest BCUT2D eigenvalue weighted by atomic mass is 9.83. The topological polar surface area (TPSA) is 38.0 Å². The van der Waals surface area contributed by atoms with Gasteiger partial charge in [0, 0.05) is 17.9 Å². The molecule has 0 atom stereocenters. The minimum absolute atomic E-state index is 0.130. The number of nitrogens with two attached hydrogens (primary N) is 1. The van der Waals surface area contributed by atoms with Crippen LogP contribution < -0.4 is 11.1 Å². The van der Waals surface area contributed by atoms with Gasteiger partial charge in [0.25, 0.3) is 0 Å². The van der Waals surface area contributed by atoms with Gasteiger partial charge < -0.3 is 11.1 Å². The Morgan fingerprint density at radius 1 is 1.20 bits per heavy atom. The van der Waals surface area contributed by atoms with Crippen LogP contribution in [0, 0.1) is 11.8 Å². The molecule has 0 heterocycles. The summed E-state index contributed by atoms with van der Waals surface area (Å²) in [6.45, 7) is 2.82. The molecular formula is C15H21F3N2. The van der Waals surface area contributed by atoms with E-state index < -0.39 is 11.7 Å². The second kappa shape index (κ2) is 5.94. The van der Waals surface area contributed by atoms with Crippen LogP contribution in [0.3, 0.4) is 0 Å². The standard InChI is InChI=1S/C15H21F3N2/c1-10-2-4-11(5-3-10)9-20-14-7-6-12(19)8-13(14)15(16,17)18/h6-8,10-11,20H,2-5,9,19H2,1H3. The smallest absolute Gasteiger partial charge is 0.399 e. The highest BCUT2D eigenvalue weighted by Gasteiger charge is 2.33. The molecule has 2 nitrogen and oxygen atoms in total. The predicted molar refractivity (Wildman–Crippen MR) is 75.5 cm³/mol. The van der Waals surface area contributed by atoms with E-state index in [-0.39, 0.29) is 11.4 Å². The summed E-state index contributed by atoms with van der Waals surface area (Å²) in [6, 6.07) is 3.91. The Morgan fingerprint density at radius 2 is 1.85 bits per heavy atom. The molecule has 1 fully saturated rings. The third-order valence-corrected chi connectivity index (χ3v) is 4.07. The lowest BCUT2D eigenvalue weighted by molar-refractivity contribution is -0.136. The normalized spacial score (nSPS) is 23.6. The van der Waals surface area contributed by atoms with E-state index >= 15 is 0 Å². The fourth-order valence-electron chi connectivity index (χ4n) is 2.74. The minimum Gasteiger partial charge on any atom is -0.399 e. The lowest BCUT2D eigenvalue weighted by Gasteiger charge is -2.27. The summed E-state index contributed by atoms with van der Waals surface area (Å²) in [6.07, 6.45) is 0.133. The summed E-state index contributed by atoms with van der Waals surface area (Å²) in [5.74, 6) is 1.21. The molecule has 0 spiro atoms. The van der Waals surface area contributed by atoms with Gasteiger partial charge in [0.15, 0.2) is 0 Å². The van der Waals surface area contributed by atoms with Crippen LogP contribution >= 0.6 is 0 Å². The maximum absolute atomic E-state index is 12.9. The van der Waals surface area contributed by atoms with Crippen LogP contribution in [0.1, 0.15) is 38.2 Å². The number of nitrogen functional groups attached to an aromatic ring is 1. The maximum atomic E-state index is 12.9. The minimum atomic E-state index is -4.38. The molecule has 112 valence electrons. The molecule has 0 radical (unpaired) electrons. The number of benzene rings is 1. The van der Waals surface area contributed by atoms with E-state index in [1.807, 2.05) is 0 Å². The molecule has 0 aromatic heterocycles. The SMILES string of the molecule is CC1CCC(CNc2ccc(N)cc2C(F)(F)F)CC1. The molecule has 1 saturated carbocycles. The second-order valence-electron chi connectivity index (χ2n) is 5.81. The second-order valence-corrected chi connectivity index (χ2v) is 5.81. The molecule has 1 aromatic carbocycles. The van der Waals surface area contributed by atoms with Gasteiger partial charge in [-0.05, 0) is 42.9 Å². The maximum Gasteiger partial charge on any atom is 0.418 e. The molecule has 0 amide bonds. The van der Waals surface area contributed by atoms with Crippen molar-refractivity contribution in [1.82, 2.24) is 0 Å². The van der Waals surface area contributed by atoms with Crippen LogP contribution in [0.2, 0.25) is 0 Å². The Morgan fingerprint density at radius 3 is 2.45 bits per heavy atom. The van der Waals surface area contributed by atoms with Crippen molar-refractivity contribution in [3.8, 4) is 0 Å². The van der Waals surface area contributed by atoms with Crippen molar-refractivity contribution in [3.05, 3.63) is 23.8 Å². The number of rotatable bonds is 3. The first-order valence-corrected chi connectivity index (χ1v) is 7.07. The van der Waals surface area contributed by atoms with Crippen molar-refractivity contribution in [1.29, 1.82) is 0 Å².